The number of amides is 2. The molecule has 1 heterocycles. The number of nitrogen functional groups attached to an aromatic ring is 1. The van der Waals surface area contributed by atoms with Gasteiger partial charge in [0.1, 0.15) is 5.69 Å². The Morgan fingerprint density at radius 2 is 2.20 bits per heavy atom. The molecule has 1 aliphatic rings. The minimum atomic E-state index is -0.430. The first-order chi connectivity index (χ1) is 9.58. The van der Waals surface area contributed by atoms with E-state index in [1.54, 1.807) is 12.1 Å². The molecule has 1 aromatic heterocycles. The number of pyridine rings is 1. The molecule has 1 aromatic rings. The van der Waals surface area contributed by atoms with Crippen LogP contribution in [0, 0.1) is 0 Å². The summed E-state index contributed by atoms with van der Waals surface area (Å²) in [6.45, 7) is 0.801. The molecule has 7 nitrogen and oxygen atoms in total. The van der Waals surface area contributed by atoms with Crippen molar-refractivity contribution in [3.8, 4) is 0 Å². The Bertz CT molecular complexity index is 501. The van der Waals surface area contributed by atoms with Gasteiger partial charge in [0.2, 0.25) is 5.91 Å². The van der Waals surface area contributed by atoms with E-state index in [2.05, 4.69) is 10.3 Å². The topological polar surface area (TPSA) is 100 Å². The van der Waals surface area contributed by atoms with Gasteiger partial charge in [0.15, 0.2) is 0 Å². The van der Waals surface area contributed by atoms with Crippen LogP contribution in [-0.4, -0.2) is 41.3 Å². The van der Waals surface area contributed by atoms with Crippen LogP contribution >= 0.6 is 0 Å². The maximum absolute atomic E-state index is 11.7. The van der Waals surface area contributed by atoms with Crippen LogP contribution in [0.4, 0.5) is 0 Å². The summed E-state index contributed by atoms with van der Waals surface area (Å²) >= 11 is 0. The highest BCUT2D eigenvalue weighted by Crippen LogP contribution is 2.18. The number of hydrogen-bond acceptors (Lipinski definition) is 5. The molecule has 2 amide bonds. The van der Waals surface area contributed by atoms with Gasteiger partial charge < -0.3 is 5.32 Å². The van der Waals surface area contributed by atoms with Crippen LogP contribution in [0.25, 0.3) is 0 Å². The third-order valence-electron chi connectivity index (χ3n) is 2.96. The van der Waals surface area contributed by atoms with Crippen molar-refractivity contribution in [2.75, 3.05) is 13.6 Å². The molecular formula is C13H19N5O2. The van der Waals surface area contributed by atoms with Gasteiger partial charge in [-0.25, -0.2) is 10.8 Å². The summed E-state index contributed by atoms with van der Waals surface area (Å²) in [6, 6.07) is 5.50. The summed E-state index contributed by atoms with van der Waals surface area (Å²) in [4.78, 5) is 29.1. The van der Waals surface area contributed by atoms with Crippen molar-refractivity contribution in [3.63, 3.8) is 0 Å². The lowest BCUT2D eigenvalue weighted by Gasteiger charge is -2.16. The molecular weight excluding hydrogens is 258 g/mol. The van der Waals surface area contributed by atoms with Gasteiger partial charge in [0.05, 0.1) is 12.2 Å². The number of nitrogens with zero attached hydrogens (tertiary/aromatic N) is 2. The van der Waals surface area contributed by atoms with Gasteiger partial charge in [0.25, 0.3) is 5.91 Å². The Morgan fingerprint density at radius 1 is 1.45 bits per heavy atom. The monoisotopic (exact) mass is 277 g/mol. The van der Waals surface area contributed by atoms with E-state index in [4.69, 9.17) is 5.84 Å². The minimum Gasteiger partial charge on any atom is -0.352 e. The van der Waals surface area contributed by atoms with Crippen molar-refractivity contribution >= 4 is 11.8 Å². The first-order valence-corrected chi connectivity index (χ1v) is 6.53. The van der Waals surface area contributed by atoms with Crippen LogP contribution in [0.3, 0.4) is 0 Å². The molecule has 0 bridgehead atoms. The Balaban J connectivity index is 1.87. The van der Waals surface area contributed by atoms with E-state index in [0.29, 0.717) is 24.8 Å². The summed E-state index contributed by atoms with van der Waals surface area (Å²) in [6.07, 6.45) is 2.15. The van der Waals surface area contributed by atoms with Crippen LogP contribution < -0.4 is 16.6 Å². The number of hydrogen-bond donors (Lipinski definition) is 3. The molecule has 20 heavy (non-hydrogen) atoms. The average Bonchev–Trinajstić information content (AvgIpc) is 3.21. The van der Waals surface area contributed by atoms with E-state index in [1.807, 2.05) is 23.4 Å². The van der Waals surface area contributed by atoms with Crippen molar-refractivity contribution in [2.45, 2.75) is 25.4 Å². The second-order valence-electron chi connectivity index (χ2n) is 5.00. The second-order valence-corrected chi connectivity index (χ2v) is 5.00. The minimum absolute atomic E-state index is 0.0193. The molecule has 1 aliphatic carbocycles. The molecule has 0 aliphatic heterocycles. The largest absolute Gasteiger partial charge is 0.352 e. The number of carbonyl (C=O) groups is 2. The lowest BCUT2D eigenvalue weighted by atomic mass is 10.3. The first kappa shape index (κ1) is 14.4. The van der Waals surface area contributed by atoms with Gasteiger partial charge in [0, 0.05) is 12.6 Å². The molecule has 1 saturated carbocycles. The second kappa shape index (κ2) is 6.44. The fourth-order valence-corrected chi connectivity index (χ4v) is 1.85. The number of aromatic nitrogens is 1. The number of likely N-dealkylation sites (N-methyl/N-ethyl adjacent to an activating group) is 1. The molecule has 0 unspecified atom stereocenters. The fourth-order valence-electron chi connectivity index (χ4n) is 1.85. The SMILES string of the molecule is CN(CC(=O)NC1CC1)Cc1cccc(C(=O)NN)n1. The average molecular weight is 277 g/mol. The van der Waals surface area contributed by atoms with E-state index in [9.17, 15) is 9.59 Å². The fraction of sp³-hybridized carbons (Fsp3) is 0.462. The van der Waals surface area contributed by atoms with Crippen molar-refractivity contribution < 1.29 is 9.59 Å². The quantitative estimate of drug-likeness (QED) is 0.366. The van der Waals surface area contributed by atoms with Crippen LogP contribution in [0.1, 0.15) is 29.0 Å². The highest BCUT2D eigenvalue weighted by atomic mass is 16.2. The van der Waals surface area contributed by atoms with Crippen LogP contribution in [0.15, 0.2) is 18.2 Å². The zero-order valence-corrected chi connectivity index (χ0v) is 11.4. The predicted octanol–water partition coefficient (Wildman–Crippen LogP) is -0.604. The number of hydrazine groups is 1. The van der Waals surface area contributed by atoms with Crippen molar-refractivity contribution in [2.24, 2.45) is 5.84 Å². The molecule has 0 radical (unpaired) electrons. The number of nitrogens with two attached hydrogens (primary N) is 1. The van der Waals surface area contributed by atoms with Crippen LogP contribution in [-0.2, 0) is 11.3 Å². The smallest absolute Gasteiger partial charge is 0.283 e. The Kier molecular flexibility index (Phi) is 4.65. The van der Waals surface area contributed by atoms with Gasteiger partial charge in [-0.05, 0) is 32.0 Å². The normalized spacial score (nSPS) is 14.2. The molecule has 7 heteroatoms. The van der Waals surface area contributed by atoms with E-state index >= 15 is 0 Å². The van der Waals surface area contributed by atoms with Crippen LogP contribution in [0.2, 0.25) is 0 Å². The van der Waals surface area contributed by atoms with Crippen molar-refractivity contribution in [3.05, 3.63) is 29.6 Å². The van der Waals surface area contributed by atoms with E-state index < -0.39 is 5.91 Å². The Morgan fingerprint density at radius 3 is 2.85 bits per heavy atom. The molecule has 2 rings (SSSR count). The van der Waals surface area contributed by atoms with E-state index in [1.165, 1.54) is 0 Å². The molecule has 1 fully saturated rings. The predicted molar refractivity (Wildman–Crippen MR) is 73.4 cm³/mol. The third-order valence-corrected chi connectivity index (χ3v) is 2.96. The van der Waals surface area contributed by atoms with Crippen LogP contribution in [0.5, 0.6) is 0 Å². The maximum Gasteiger partial charge on any atom is 0.283 e. The first-order valence-electron chi connectivity index (χ1n) is 6.53. The molecule has 0 spiro atoms. The summed E-state index contributed by atoms with van der Waals surface area (Å²) in [5.74, 6) is 4.66. The van der Waals surface area contributed by atoms with Crippen molar-refractivity contribution in [1.29, 1.82) is 0 Å². The van der Waals surface area contributed by atoms with Gasteiger partial charge >= 0.3 is 0 Å². The van der Waals surface area contributed by atoms with Gasteiger partial charge in [-0.1, -0.05) is 6.07 Å². The Hall–Kier alpha value is -1.99. The molecule has 4 N–H and O–H groups in total. The lowest BCUT2D eigenvalue weighted by Crippen LogP contribution is -2.36. The lowest BCUT2D eigenvalue weighted by molar-refractivity contribution is -0.122. The van der Waals surface area contributed by atoms with Gasteiger partial charge in [-0.2, -0.15) is 0 Å². The highest BCUT2D eigenvalue weighted by molar-refractivity contribution is 5.91. The van der Waals surface area contributed by atoms with Crippen molar-refractivity contribution in [1.82, 2.24) is 20.6 Å². The maximum atomic E-state index is 11.7. The van der Waals surface area contributed by atoms with E-state index in [0.717, 1.165) is 12.8 Å². The Labute approximate surface area is 117 Å². The number of rotatable bonds is 6. The molecule has 0 atom stereocenters. The number of nitrogens with one attached hydrogen (secondary N) is 2. The number of carbonyl (C=O) groups excluding carboxylic acids is 2. The molecule has 108 valence electrons. The summed E-state index contributed by atoms with van der Waals surface area (Å²) in [5, 5.41) is 2.93. The molecule has 0 saturated heterocycles. The standard InChI is InChI=1S/C13H19N5O2/c1-18(8-12(19)16-9-5-6-9)7-10-3-2-4-11(15-10)13(20)17-14/h2-4,9H,5-8,14H2,1H3,(H,16,19)(H,17,20). The summed E-state index contributed by atoms with van der Waals surface area (Å²) in [5.41, 5.74) is 3.02. The summed E-state index contributed by atoms with van der Waals surface area (Å²) < 4.78 is 0. The van der Waals surface area contributed by atoms with Gasteiger partial charge in [-0.15, -0.1) is 0 Å². The third kappa shape index (κ3) is 4.29. The zero-order chi connectivity index (χ0) is 14.5. The van der Waals surface area contributed by atoms with E-state index in [-0.39, 0.29) is 11.6 Å². The summed E-state index contributed by atoms with van der Waals surface area (Å²) in [7, 11) is 1.84. The van der Waals surface area contributed by atoms with Gasteiger partial charge in [-0.3, -0.25) is 19.9 Å². The zero-order valence-electron chi connectivity index (χ0n) is 11.4. The highest BCUT2D eigenvalue weighted by Gasteiger charge is 2.23. The molecule has 0 aromatic carbocycles.